The van der Waals surface area contributed by atoms with Gasteiger partial charge in [0, 0.05) is 16.5 Å². The zero-order valence-corrected chi connectivity index (χ0v) is 16.3. The quantitative estimate of drug-likeness (QED) is 0.478. The molecule has 5 rings (SSSR count). The fourth-order valence-electron chi connectivity index (χ4n) is 3.50. The van der Waals surface area contributed by atoms with E-state index in [1.165, 1.54) is 4.88 Å². The molecule has 0 saturated heterocycles. The predicted octanol–water partition coefficient (Wildman–Crippen LogP) is 5.06. The fourth-order valence-corrected chi connectivity index (χ4v) is 4.20. The number of thiophene rings is 1. The lowest BCUT2D eigenvalue weighted by molar-refractivity contribution is 0.0733. The molecule has 0 spiro atoms. The molecule has 1 aromatic carbocycles. The summed E-state index contributed by atoms with van der Waals surface area (Å²) >= 11 is 1.68. The van der Waals surface area contributed by atoms with Crippen molar-refractivity contribution in [2.45, 2.75) is 32.4 Å². The number of hydrogen-bond acceptors (Lipinski definition) is 5. The van der Waals surface area contributed by atoms with E-state index in [4.69, 9.17) is 4.52 Å². The Hall–Kier alpha value is -2.99. The molecular formula is C22H19N3O2S. The molecule has 0 atom stereocenters. The van der Waals surface area contributed by atoms with Gasteiger partial charge < -0.3 is 9.42 Å². The number of benzene rings is 1. The van der Waals surface area contributed by atoms with Crippen LogP contribution < -0.4 is 0 Å². The zero-order chi connectivity index (χ0) is 19.1. The standard InChI is InChI=1S/C22H19N3O2S/c1-14-20-18(22(26)25(16-9-10-16)13-17-8-5-11-28-17)12-19(23-21(20)27-24-14)15-6-3-2-4-7-15/h2-8,11-12,16H,9-10,13H2,1H3. The van der Waals surface area contributed by atoms with Crippen LogP contribution in [0.1, 0.15) is 33.8 Å². The molecule has 1 amide bonds. The highest BCUT2D eigenvalue weighted by molar-refractivity contribution is 7.09. The lowest BCUT2D eigenvalue weighted by atomic mass is 10.0. The van der Waals surface area contributed by atoms with Crippen LogP contribution in [0.3, 0.4) is 0 Å². The number of hydrogen-bond donors (Lipinski definition) is 0. The minimum Gasteiger partial charge on any atom is -0.335 e. The number of rotatable bonds is 5. The SMILES string of the molecule is Cc1noc2nc(-c3ccccc3)cc(C(=O)N(Cc3cccs3)C3CC3)c12. The van der Waals surface area contributed by atoms with Crippen LogP contribution in [0, 0.1) is 6.92 Å². The molecule has 1 saturated carbocycles. The number of fused-ring (bicyclic) bond motifs is 1. The average Bonchev–Trinajstić information content (AvgIpc) is 3.31. The molecule has 3 aromatic heterocycles. The number of nitrogens with zero attached hydrogens (tertiary/aromatic N) is 3. The summed E-state index contributed by atoms with van der Waals surface area (Å²) in [5.74, 6) is 0.0202. The summed E-state index contributed by atoms with van der Waals surface area (Å²) in [7, 11) is 0. The Morgan fingerprint density at radius 3 is 2.75 bits per heavy atom. The second-order valence-corrected chi connectivity index (χ2v) is 8.15. The van der Waals surface area contributed by atoms with Crippen molar-refractivity contribution in [3.8, 4) is 11.3 Å². The van der Waals surface area contributed by atoms with Crippen molar-refractivity contribution in [2.75, 3.05) is 0 Å². The van der Waals surface area contributed by atoms with Crippen molar-refractivity contribution >= 4 is 28.3 Å². The maximum Gasteiger partial charge on any atom is 0.259 e. The Kier molecular flexibility index (Phi) is 4.20. The van der Waals surface area contributed by atoms with Gasteiger partial charge in [-0.1, -0.05) is 41.6 Å². The Morgan fingerprint density at radius 2 is 2.04 bits per heavy atom. The van der Waals surface area contributed by atoms with E-state index >= 15 is 0 Å². The van der Waals surface area contributed by atoms with E-state index in [2.05, 4.69) is 16.2 Å². The molecule has 5 nitrogen and oxygen atoms in total. The second-order valence-electron chi connectivity index (χ2n) is 7.11. The second kappa shape index (κ2) is 6.87. The summed E-state index contributed by atoms with van der Waals surface area (Å²) < 4.78 is 5.43. The molecular weight excluding hydrogens is 370 g/mol. The van der Waals surface area contributed by atoms with Gasteiger partial charge in [-0.05, 0) is 37.3 Å². The van der Waals surface area contributed by atoms with Crippen molar-refractivity contribution in [2.24, 2.45) is 0 Å². The summed E-state index contributed by atoms with van der Waals surface area (Å²) in [6.07, 6.45) is 2.11. The van der Waals surface area contributed by atoms with Crippen molar-refractivity contribution < 1.29 is 9.32 Å². The number of carbonyl (C=O) groups excluding carboxylic acids is 1. The van der Waals surface area contributed by atoms with Crippen molar-refractivity contribution in [1.29, 1.82) is 0 Å². The zero-order valence-electron chi connectivity index (χ0n) is 15.5. The van der Waals surface area contributed by atoms with Crippen LogP contribution in [-0.4, -0.2) is 27.0 Å². The first kappa shape index (κ1) is 17.1. The van der Waals surface area contributed by atoms with Crippen LogP contribution in [0.2, 0.25) is 0 Å². The van der Waals surface area contributed by atoms with E-state index in [0.29, 0.717) is 34.9 Å². The number of carbonyl (C=O) groups is 1. The number of aromatic nitrogens is 2. The molecule has 0 radical (unpaired) electrons. The summed E-state index contributed by atoms with van der Waals surface area (Å²) in [4.78, 5) is 21.4. The minimum atomic E-state index is 0.0202. The van der Waals surface area contributed by atoms with Gasteiger partial charge in [0.15, 0.2) is 0 Å². The Balaban J connectivity index is 1.61. The first-order chi connectivity index (χ1) is 13.7. The number of pyridine rings is 1. The first-order valence-electron chi connectivity index (χ1n) is 9.36. The molecule has 3 heterocycles. The highest BCUT2D eigenvalue weighted by atomic mass is 32.1. The number of aryl methyl sites for hydroxylation is 1. The molecule has 4 aromatic rings. The van der Waals surface area contributed by atoms with E-state index < -0.39 is 0 Å². The lowest BCUT2D eigenvalue weighted by Gasteiger charge is -2.22. The van der Waals surface area contributed by atoms with Gasteiger partial charge in [-0.15, -0.1) is 11.3 Å². The molecule has 6 heteroatoms. The van der Waals surface area contributed by atoms with Crippen molar-refractivity contribution in [3.05, 3.63) is 70.0 Å². The van der Waals surface area contributed by atoms with Gasteiger partial charge in [0.25, 0.3) is 11.6 Å². The van der Waals surface area contributed by atoms with Crippen LogP contribution in [0.5, 0.6) is 0 Å². The largest absolute Gasteiger partial charge is 0.335 e. The molecule has 1 aliphatic rings. The third kappa shape index (κ3) is 3.10. The van der Waals surface area contributed by atoms with E-state index in [1.54, 1.807) is 11.3 Å². The van der Waals surface area contributed by atoms with E-state index in [-0.39, 0.29) is 5.91 Å². The predicted molar refractivity (Wildman–Crippen MR) is 109 cm³/mol. The van der Waals surface area contributed by atoms with Crippen LogP contribution in [-0.2, 0) is 6.54 Å². The summed E-state index contributed by atoms with van der Waals surface area (Å²) in [5, 5.41) is 6.82. The van der Waals surface area contributed by atoms with Crippen molar-refractivity contribution in [1.82, 2.24) is 15.0 Å². The van der Waals surface area contributed by atoms with Gasteiger partial charge in [-0.2, -0.15) is 0 Å². The maximum absolute atomic E-state index is 13.6. The van der Waals surface area contributed by atoms with Crippen LogP contribution in [0.4, 0.5) is 0 Å². The Labute approximate surface area is 166 Å². The molecule has 1 aliphatic carbocycles. The molecule has 0 N–H and O–H groups in total. The fraction of sp³-hybridized carbons (Fsp3) is 0.227. The summed E-state index contributed by atoms with van der Waals surface area (Å²) in [6, 6.07) is 16.1. The van der Waals surface area contributed by atoms with E-state index in [0.717, 1.165) is 24.1 Å². The summed E-state index contributed by atoms with van der Waals surface area (Å²) in [6.45, 7) is 2.49. The molecule has 0 bridgehead atoms. The third-order valence-electron chi connectivity index (χ3n) is 5.07. The summed E-state index contributed by atoms with van der Waals surface area (Å²) in [5.41, 5.74) is 3.39. The highest BCUT2D eigenvalue weighted by Gasteiger charge is 2.35. The van der Waals surface area contributed by atoms with Crippen LogP contribution >= 0.6 is 11.3 Å². The Bertz CT molecular complexity index is 1130. The maximum atomic E-state index is 13.6. The van der Waals surface area contributed by atoms with Gasteiger partial charge in [0.2, 0.25) is 0 Å². The van der Waals surface area contributed by atoms with Crippen LogP contribution in [0.25, 0.3) is 22.4 Å². The average molecular weight is 389 g/mol. The van der Waals surface area contributed by atoms with Gasteiger partial charge in [-0.25, -0.2) is 4.98 Å². The third-order valence-corrected chi connectivity index (χ3v) is 5.93. The first-order valence-corrected chi connectivity index (χ1v) is 10.2. The van der Waals surface area contributed by atoms with Gasteiger partial charge in [-0.3, -0.25) is 4.79 Å². The minimum absolute atomic E-state index is 0.0202. The highest BCUT2D eigenvalue weighted by Crippen LogP contribution is 2.34. The molecule has 0 aliphatic heterocycles. The van der Waals surface area contributed by atoms with Gasteiger partial charge in [0.1, 0.15) is 0 Å². The lowest BCUT2D eigenvalue weighted by Crippen LogP contribution is -2.32. The molecule has 28 heavy (non-hydrogen) atoms. The normalized spacial score (nSPS) is 13.8. The Morgan fingerprint density at radius 1 is 1.21 bits per heavy atom. The van der Waals surface area contributed by atoms with E-state index in [9.17, 15) is 4.79 Å². The molecule has 0 unspecified atom stereocenters. The van der Waals surface area contributed by atoms with Crippen molar-refractivity contribution in [3.63, 3.8) is 0 Å². The monoisotopic (exact) mass is 389 g/mol. The van der Waals surface area contributed by atoms with Crippen LogP contribution in [0.15, 0.2) is 58.4 Å². The number of amides is 1. The van der Waals surface area contributed by atoms with Gasteiger partial charge >= 0.3 is 0 Å². The van der Waals surface area contributed by atoms with Gasteiger partial charge in [0.05, 0.1) is 28.9 Å². The van der Waals surface area contributed by atoms with E-state index in [1.807, 2.05) is 59.7 Å². The topological polar surface area (TPSA) is 59.2 Å². The molecule has 1 fully saturated rings. The molecule has 140 valence electrons. The smallest absolute Gasteiger partial charge is 0.259 e.